The summed E-state index contributed by atoms with van der Waals surface area (Å²) in [5.41, 5.74) is 1.65. The highest BCUT2D eigenvalue weighted by Gasteiger charge is 2.48. The number of alkyl halides is 3. The predicted molar refractivity (Wildman–Crippen MR) is 72.2 cm³/mol. The van der Waals surface area contributed by atoms with Crippen LogP contribution in [0.4, 0.5) is 17.6 Å². The zero-order valence-corrected chi connectivity index (χ0v) is 11.3. The molecule has 0 spiro atoms. The summed E-state index contributed by atoms with van der Waals surface area (Å²) in [7, 11) is 0. The number of rotatable bonds is 2. The zero-order valence-electron chi connectivity index (χ0n) is 11.3. The monoisotopic (exact) mass is 312 g/mol. The van der Waals surface area contributed by atoms with Crippen LogP contribution in [0.3, 0.4) is 0 Å². The van der Waals surface area contributed by atoms with E-state index in [4.69, 9.17) is 0 Å². The van der Waals surface area contributed by atoms with E-state index in [-0.39, 0.29) is 13.0 Å². The molecule has 22 heavy (non-hydrogen) atoms. The Labute approximate surface area is 123 Å². The fourth-order valence-corrected chi connectivity index (χ4v) is 2.65. The number of hydrogen-bond donors (Lipinski definition) is 1. The Hall–Kier alpha value is -2.15. The quantitative estimate of drug-likeness (QED) is 0.863. The van der Waals surface area contributed by atoms with Gasteiger partial charge in [0.15, 0.2) is 6.04 Å². The van der Waals surface area contributed by atoms with Gasteiger partial charge in [-0.1, -0.05) is 24.3 Å². The minimum absolute atomic E-state index is 0.0399. The van der Waals surface area contributed by atoms with Crippen molar-refractivity contribution in [2.75, 3.05) is 6.54 Å². The SMILES string of the molecule is O=C1CCN(C(c2cc3ccccc3cc2F)C(F)(F)F)N1. The number of fused-ring (bicyclic) bond motifs is 1. The van der Waals surface area contributed by atoms with Crippen LogP contribution in [-0.4, -0.2) is 23.6 Å². The molecule has 1 aliphatic rings. The maximum Gasteiger partial charge on any atom is 0.409 e. The molecule has 3 nitrogen and oxygen atoms in total. The molecule has 1 atom stereocenters. The van der Waals surface area contributed by atoms with E-state index in [1.807, 2.05) is 0 Å². The number of carbonyl (C=O) groups excluding carboxylic acids is 1. The molecule has 1 amide bonds. The Morgan fingerprint density at radius 1 is 1.14 bits per heavy atom. The van der Waals surface area contributed by atoms with E-state index in [1.165, 1.54) is 6.07 Å². The number of halogens is 4. The number of carbonyl (C=O) groups is 1. The highest BCUT2D eigenvalue weighted by molar-refractivity contribution is 5.83. The van der Waals surface area contributed by atoms with Crippen LogP contribution in [-0.2, 0) is 4.79 Å². The second-order valence-electron chi connectivity index (χ2n) is 5.14. The normalized spacial score (nSPS) is 17.7. The molecule has 2 aromatic rings. The van der Waals surface area contributed by atoms with E-state index in [0.717, 1.165) is 11.1 Å². The van der Waals surface area contributed by atoms with Crippen molar-refractivity contribution in [3.63, 3.8) is 0 Å². The summed E-state index contributed by atoms with van der Waals surface area (Å²) in [6.45, 7) is -0.116. The predicted octanol–water partition coefficient (Wildman–Crippen LogP) is 3.32. The van der Waals surface area contributed by atoms with Crippen molar-refractivity contribution >= 4 is 16.7 Å². The van der Waals surface area contributed by atoms with E-state index < -0.39 is 29.5 Å². The van der Waals surface area contributed by atoms with Gasteiger partial charge in [-0.05, 0) is 22.9 Å². The van der Waals surface area contributed by atoms with Gasteiger partial charge in [-0.2, -0.15) is 13.2 Å². The van der Waals surface area contributed by atoms with E-state index in [1.54, 1.807) is 24.3 Å². The molecule has 0 bridgehead atoms. The number of hydrazine groups is 1. The topological polar surface area (TPSA) is 32.3 Å². The van der Waals surface area contributed by atoms with E-state index in [2.05, 4.69) is 5.43 Å². The van der Waals surface area contributed by atoms with Gasteiger partial charge in [-0.3, -0.25) is 10.2 Å². The lowest BCUT2D eigenvalue weighted by atomic mass is 10.00. The van der Waals surface area contributed by atoms with Crippen LogP contribution >= 0.6 is 0 Å². The van der Waals surface area contributed by atoms with Gasteiger partial charge in [0.1, 0.15) is 5.82 Å². The Morgan fingerprint density at radius 3 is 2.32 bits per heavy atom. The standard InChI is InChI=1S/C15H12F4N2O/c16-12-8-10-4-2-1-3-9(10)7-11(12)14(15(17,18)19)21-6-5-13(22)20-21/h1-4,7-8,14H,5-6H2,(H,20,22). The second-order valence-corrected chi connectivity index (χ2v) is 5.14. The fourth-order valence-electron chi connectivity index (χ4n) is 2.65. The molecule has 1 fully saturated rings. The number of hydrogen-bond acceptors (Lipinski definition) is 2. The van der Waals surface area contributed by atoms with Crippen molar-refractivity contribution in [1.29, 1.82) is 0 Å². The third-order valence-corrected chi connectivity index (χ3v) is 3.63. The molecule has 3 rings (SSSR count). The summed E-state index contributed by atoms with van der Waals surface area (Å²) in [6.07, 6.45) is -4.75. The zero-order chi connectivity index (χ0) is 15.9. The number of benzene rings is 2. The van der Waals surface area contributed by atoms with Gasteiger partial charge >= 0.3 is 6.18 Å². The highest BCUT2D eigenvalue weighted by Crippen LogP contribution is 2.40. The Morgan fingerprint density at radius 2 is 1.77 bits per heavy atom. The first-order chi connectivity index (χ1) is 10.4. The molecule has 1 N–H and O–H groups in total. The van der Waals surface area contributed by atoms with Gasteiger partial charge in [0.05, 0.1) is 0 Å². The van der Waals surface area contributed by atoms with Crippen molar-refractivity contribution in [2.24, 2.45) is 0 Å². The fraction of sp³-hybridized carbons (Fsp3) is 0.267. The molecule has 1 saturated heterocycles. The lowest BCUT2D eigenvalue weighted by Crippen LogP contribution is -2.44. The van der Waals surface area contributed by atoms with E-state index in [9.17, 15) is 22.4 Å². The molecule has 0 saturated carbocycles. The first kappa shape index (κ1) is 14.8. The molecule has 116 valence electrons. The molecule has 2 aromatic carbocycles. The average Bonchev–Trinajstić information content (AvgIpc) is 2.84. The Balaban J connectivity index is 2.11. The largest absolute Gasteiger partial charge is 0.409 e. The maximum atomic E-state index is 14.2. The van der Waals surface area contributed by atoms with E-state index in [0.29, 0.717) is 10.8 Å². The molecule has 0 aromatic heterocycles. The van der Waals surface area contributed by atoms with Gasteiger partial charge < -0.3 is 0 Å². The van der Waals surface area contributed by atoms with Gasteiger partial charge in [0.25, 0.3) is 0 Å². The van der Waals surface area contributed by atoms with Crippen molar-refractivity contribution in [1.82, 2.24) is 10.4 Å². The van der Waals surface area contributed by atoms with Crippen LogP contribution in [0.15, 0.2) is 36.4 Å². The molecule has 0 aliphatic carbocycles. The van der Waals surface area contributed by atoms with Gasteiger partial charge in [-0.25, -0.2) is 9.40 Å². The lowest BCUT2D eigenvalue weighted by Gasteiger charge is -2.29. The van der Waals surface area contributed by atoms with Gasteiger partial charge in [0, 0.05) is 18.5 Å². The number of nitrogens with zero attached hydrogens (tertiary/aromatic N) is 1. The lowest BCUT2D eigenvalue weighted by molar-refractivity contribution is -0.191. The highest BCUT2D eigenvalue weighted by atomic mass is 19.4. The summed E-state index contributed by atoms with van der Waals surface area (Å²) >= 11 is 0. The first-order valence-electron chi connectivity index (χ1n) is 6.67. The van der Waals surface area contributed by atoms with Crippen LogP contribution in [0.1, 0.15) is 18.0 Å². The average molecular weight is 312 g/mol. The number of nitrogens with one attached hydrogen (secondary N) is 1. The molecule has 1 heterocycles. The Bertz CT molecular complexity index is 729. The maximum absolute atomic E-state index is 14.2. The van der Waals surface area contributed by atoms with Crippen LogP contribution in [0.25, 0.3) is 10.8 Å². The molecule has 7 heteroatoms. The summed E-state index contributed by atoms with van der Waals surface area (Å²) in [4.78, 5) is 11.2. The van der Waals surface area contributed by atoms with Gasteiger partial charge in [0.2, 0.25) is 5.91 Å². The van der Waals surface area contributed by atoms with Crippen LogP contribution in [0, 0.1) is 5.82 Å². The molecule has 1 unspecified atom stereocenters. The van der Waals surface area contributed by atoms with Crippen molar-refractivity contribution in [3.8, 4) is 0 Å². The summed E-state index contributed by atoms with van der Waals surface area (Å²) in [5, 5.41) is 1.78. The summed E-state index contributed by atoms with van der Waals surface area (Å²) in [5.74, 6) is -1.45. The van der Waals surface area contributed by atoms with Crippen molar-refractivity contribution in [2.45, 2.75) is 18.6 Å². The minimum Gasteiger partial charge on any atom is -0.288 e. The smallest absolute Gasteiger partial charge is 0.288 e. The van der Waals surface area contributed by atoms with E-state index >= 15 is 0 Å². The minimum atomic E-state index is -4.71. The summed E-state index contributed by atoms with van der Waals surface area (Å²) in [6, 6.07) is 6.67. The third kappa shape index (κ3) is 2.64. The third-order valence-electron chi connectivity index (χ3n) is 3.63. The van der Waals surface area contributed by atoms with Crippen LogP contribution in [0.2, 0.25) is 0 Å². The molecular formula is C15H12F4N2O. The van der Waals surface area contributed by atoms with Crippen LogP contribution in [0.5, 0.6) is 0 Å². The molecule has 0 radical (unpaired) electrons. The molecule has 1 aliphatic heterocycles. The molecular weight excluding hydrogens is 300 g/mol. The van der Waals surface area contributed by atoms with Crippen molar-refractivity contribution < 1.29 is 22.4 Å². The number of amides is 1. The second kappa shape index (κ2) is 5.24. The van der Waals surface area contributed by atoms with Gasteiger partial charge in [-0.15, -0.1) is 0 Å². The van der Waals surface area contributed by atoms with Crippen molar-refractivity contribution in [3.05, 3.63) is 47.8 Å². The van der Waals surface area contributed by atoms with Crippen LogP contribution < -0.4 is 5.43 Å². The first-order valence-corrected chi connectivity index (χ1v) is 6.67. The summed E-state index contributed by atoms with van der Waals surface area (Å²) < 4.78 is 54.4. The Kier molecular flexibility index (Phi) is 3.52.